The van der Waals surface area contributed by atoms with Gasteiger partial charge < -0.3 is 10.4 Å². The topological polar surface area (TPSA) is 66.4 Å². The first-order valence-electron chi connectivity index (χ1n) is 8.68. The molecule has 2 aromatic carbocycles. The molecule has 26 heavy (non-hydrogen) atoms. The minimum absolute atomic E-state index is 0.0284. The summed E-state index contributed by atoms with van der Waals surface area (Å²) in [7, 11) is 0. The zero-order chi connectivity index (χ0) is 19.1. The van der Waals surface area contributed by atoms with E-state index in [2.05, 4.69) is 19.2 Å². The first-order chi connectivity index (χ1) is 12.4. The highest BCUT2D eigenvalue weighted by Gasteiger charge is 2.23. The van der Waals surface area contributed by atoms with Gasteiger partial charge in [0, 0.05) is 13.0 Å². The van der Waals surface area contributed by atoms with Crippen molar-refractivity contribution in [2.75, 3.05) is 6.54 Å². The van der Waals surface area contributed by atoms with Crippen molar-refractivity contribution in [3.05, 3.63) is 71.5 Å². The molecule has 0 aliphatic rings. The minimum Gasteiger partial charge on any atom is -0.481 e. The van der Waals surface area contributed by atoms with Crippen LogP contribution in [-0.4, -0.2) is 23.5 Å². The average molecular weight is 357 g/mol. The summed E-state index contributed by atoms with van der Waals surface area (Å²) in [6, 6.07) is 15.1. The lowest BCUT2D eigenvalue weighted by Gasteiger charge is -2.21. The van der Waals surface area contributed by atoms with E-state index in [9.17, 15) is 19.1 Å². The van der Waals surface area contributed by atoms with E-state index in [4.69, 9.17) is 0 Å². The molecule has 0 heterocycles. The molecule has 1 amide bonds. The van der Waals surface area contributed by atoms with Crippen molar-refractivity contribution in [1.29, 1.82) is 0 Å². The molecule has 0 spiro atoms. The summed E-state index contributed by atoms with van der Waals surface area (Å²) in [4.78, 5) is 23.9. The van der Waals surface area contributed by atoms with Crippen molar-refractivity contribution in [3.8, 4) is 0 Å². The maximum Gasteiger partial charge on any atom is 0.312 e. The maximum absolute atomic E-state index is 13.0. The van der Waals surface area contributed by atoms with Crippen LogP contribution in [0.4, 0.5) is 4.39 Å². The predicted molar refractivity (Wildman–Crippen MR) is 98.4 cm³/mol. The molecule has 2 rings (SSSR count). The molecule has 138 valence electrons. The molecule has 2 unspecified atom stereocenters. The van der Waals surface area contributed by atoms with Gasteiger partial charge in [-0.05, 0) is 35.1 Å². The lowest BCUT2D eigenvalue weighted by Crippen LogP contribution is -2.33. The summed E-state index contributed by atoms with van der Waals surface area (Å²) < 4.78 is 13.0. The van der Waals surface area contributed by atoms with Crippen molar-refractivity contribution in [3.63, 3.8) is 0 Å². The normalized spacial score (nSPS) is 13.2. The van der Waals surface area contributed by atoms with E-state index in [1.807, 2.05) is 30.3 Å². The van der Waals surface area contributed by atoms with E-state index in [-0.39, 0.29) is 30.7 Å². The van der Waals surface area contributed by atoms with Crippen LogP contribution in [0.1, 0.15) is 43.2 Å². The molecule has 0 bridgehead atoms. The number of nitrogens with one attached hydrogen (secondary N) is 1. The summed E-state index contributed by atoms with van der Waals surface area (Å²) in [6.45, 7) is 4.09. The molecule has 0 radical (unpaired) electrons. The SMILES string of the molecule is CC(C)C(CC(=O)NCC(C(=O)O)c1ccc(F)cc1)c1ccccc1. The van der Waals surface area contributed by atoms with Gasteiger partial charge in [-0.3, -0.25) is 9.59 Å². The van der Waals surface area contributed by atoms with E-state index in [1.54, 1.807) is 0 Å². The number of carboxylic acid groups (broad SMARTS) is 1. The molecule has 5 heteroatoms. The number of hydrogen-bond acceptors (Lipinski definition) is 2. The second-order valence-electron chi connectivity index (χ2n) is 6.71. The van der Waals surface area contributed by atoms with Crippen molar-refractivity contribution in [2.24, 2.45) is 5.92 Å². The Morgan fingerprint density at radius 2 is 1.62 bits per heavy atom. The Hall–Kier alpha value is -2.69. The fraction of sp³-hybridized carbons (Fsp3) is 0.333. The standard InChI is InChI=1S/C21H24FNO3/c1-14(2)18(15-6-4-3-5-7-15)12-20(24)23-13-19(21(25)26)16-8-10-17(22)11-9-16/h3-11,14,18-19H,12-13H2,1-2H3,(H,23,24)(H,25,26). The van der Waals surface area contributed by atoms with Crippen LogP contribution in [0.25, 0.3) is 0 Å². The van der Waals surface area contributed by atoms with Crippen LogP contribution in [0.3, 0.4) is 0 Å². The minimum atomic E-state index is -1.06. The Morgan fingerprint density at radius 1 is 1.00 bits per heavy atom. The van der Waals surface area contributed by atoms with E-state index < -0.39 is 17.7 Å². The fourth-order valence-electron chi connectivity index (χ4n) is 2.97. The second kappa shape index (κ2) is 9.13. The summed E-state index contributed by atoms with van der Waals surface area (Å²) in [5, 5.41) is 12.1. The number of carbonyl (C=O) groups is 2. The van der Waals surface area contributed by atoms with E-state index >= 15 is 0 Å². The molecular weight excluding hydrogens is 333 g/mol. The number of amides is 1. The van der Waals surface area contributed by atoms with Gasteiger partial charge in [-0.25, -0.2) is 4.39 Å². The molecule has 2 N–H and O–H groups in total. The third kappa shape index (κ3) is 5.41. The summed E-state index contributed by atoms with van der Waals surface area (Å²) >= 11 is 0. The Kier molecular flexibility index (Phi) is 6.89. The number of halogens is 1. The number of benzene rings is 2. The molecule has 2 aromatic rings. The molecule has 4 nitrogen and oxygen atoms in total. The largest absolute Gasteiger partial charge is 0.481 e. The Morgan fingerprint density at radius 3 is 2.15 bits per heavy atom. The highest BCUT2D eigenvalue weighted by molar-refractivity contribution is 5.80. The highest BCUT2D eigenvalue weighted by Crippen LogP contribution is 2.27. The van der Waals surface area contributed by atoms with E-state index in [0.29, 0.717) is 5.56 Å². The van der Waals surface area contributed by atoms with Gasteiger partial charge in [-0.1, -0.05) is 56.3 Å². The molecule has 0 saturated carbocycles. The summed E-state index contributed by atoms with van der Waals surface area (Å²) in [5.41, 5.74) is 1.55. The van der Waals surface area contributed by atoms with Crippen molar-refractivity contribution >= 4 is 11.9 Å². The number of aliphatic carboxylic acids is 1. The number of rotatable bonds is 8. The van der Waals surface area contributed by atoms with Crippen LogP contribution in [-0.2, 0) is 9.59 Å². The first kappa shape index (κ1) is 19.6. The Bertz CT molecular complexity index is 729. The lowest BCUT2D eigenvalue weighted by molar-refractivity contribution is -0.138. The van der Waals surface area contributed by atoms with Gasteiger partial charge in [0.05, 0.1) is 5.92 Å². The van der Waals surface area contributed by atoms with Crippen molar-refractivity contribution < 1.29 is 19.1 Å². The lowest BCUT2D eigenvalue weighted by atomic mass is 9.85. The molecule has 0 aliphatic heterocycles. The van der Waals surface area contributed by atoms with Crippen LogP contribution in [0.2, 0.25) is 0 Å². The quantitative estimate of drug-likeness (QED) is 0.752. The zero-order valence-electron chi connectivity index (χ0n) is 15.0. The zero-order valence-corrected chi connectivity index (χ0v) is 15.0. The Balaban J connectivity index is 2.01. The van der Waals surface area contributed by atoms with Gasteiger partial charge in [0.25, 0.3) is 0 Å². The predicted octanol–water partition coefficient (Wildman–Crippen LogP) is 3.94. The van der Waals surface area contributed by atoms with Gasteiger partial charge in [0.2, 0.25) is 5.91 Å². The number of carboxylic acids is 1. The maximum atomic E-state index is 13.0. The van der Waals surface area contributed by atoms with Crippen molar-refractivity contribution in [2.45, 2.75) is 32.1 Å². The van der Waals surface area contributed by atoms with Gasteiger partial charge >= 0.3 is 5.97 Å². The molecular formula is C21H24FNO3. The van der Waals surface area contributed by atoms with Crippen LogP contribution < -0.4 is 5.32 Å². The van der Waals surface area contributed by atoms with E-state index in [0.717, 1.165) is 5.56 Å². The molecule has 0 saturated heterocycles. The van der Waals surface area contributed by atoms with Crippen LogP contribution in [0.5, 0.6) is 0 Å². The van der Waals surface area contributed by atoms with Crippen LogP contribution in [0, 0.1) is 11.7 Å². The Labute approximate surface area is 153 Å². The average Bonchev–Trinajstić information content (AvgIpc) is 2.61. The van der Waals surface area contributed by atoms with Crippen LogP contribution >= 0.6 is 0 Å². The van der Waals surface area contributed by atoms with Gasteiger partial charge in [-0.15, -0.1) is 0 Å². The van der Waals surface area contributed by atoms with Gasteiger partial charge in [-0.2, -0.15) is 0 Å². The van der Waals surface area contributed by atoms with E-state index in [1.165, 1.54) is 24.3 Å². The molecule has 0 aliphatic carbocycles. The van der Waals surface area contributed by atoms with Gasteiger partial charge in [0.1, 0.15) is 5.82 Å². The summed E-state index contributed by atoms with van der Waals surface area (Å²) in [6.07, 6.45) is 0.289. The highest BCUT2D eigenvalue weighted by atomic mass is 19.1. The van der Waals surface area contributed by atoms with Crippen molar-refractivity contribution in [1.82, 2.24) is 5.32 Å². The second-order valence-corrected chi connectivity index (χ2v) is 6.71. The number of carbonyl (C=O) groups excluding carboxylic acids is 1. The third-order valence-corrected chi connectivity index (χ3v) is 4.51. The number of hydrogen-bond donors (Lipinski definition) is 2. The first-order valence-corrected chi connectivity index (χ1v) is 8.68. The van der Waals surface area contributed by atoms with Gasteiger partial charge in [0.15, 0.2) is 0 Å². The molecule has 2 atom stereocenters. The summed E-state index contributed by atoms with van der Waals surface area (Å²) in [5.74, 6) is -2.25. The monoisotopic (exact) mass is 357 g/mol. The van der Waals surface area contributed by atoms with Crippen LogP contribution in [0.15, 0.2) is 54.6 Å². The third-order valence-electron chi connectivity index (χ3n) is 4.51. The fourth-order valence-corrected chi connectivity index (χ4v) is 2.97. The molecule has 0 aromatic heterocycles. The molecule has 0 fully saturated rings. The smallest absolute Gasteiger partial charge is 0.312 e.